The molecule has 15 nitrogen and oxygen atoms in total. The lowest BCUT2D eigenvalue weighted by Gasteiger charge is -2.34. The van der Waals surface area contributed by atoms with Crippen LogP contribution in [0, 0.1) is 5.41 Å². The first-order valence-corrected chi connectivity index (χ1v) is 17.1. The third-order valence-corrected chi connectivity index (χ3v) is 7.98. The first kappa shape index (κ1) is 47.4. The molecule has 0 bridgehead atoms. The molecule has 48 heavy (non-hydrogen) atoms. The molecule has 0 aliphatic carbocycles. The Hall–Kier alpha value is -0.600. The molecule has 0 aliphatic rings. The number of ether oxygens (including phenoxy) is 9. The molecule has 3 N–H and O–H groups in total. The third kappa shape index (κ3) is 25.4. The normalized spacial score (nSPS) is 15.4. The highest BCUT2D eigenvalue weighted by molar-refractivity contribution is 4.79. The fraction of sp³-hybridized carbons (Fsp3) is 1.00. The molecule has 0 aliphatic heterocycles. The number of hydrogen-bond donors (Lipinski definition) is 3. The van der Waals surface area contributed by atoms with Gasteiger partial charge in [-0.3, -0.25) is 14.7 Å². The molecule has 0 aromatic rings. The summed E-state index contributed by atoms with van der Waals surface area (Å²) in [5, 5.41) is 32.3. The zero-order chi connectivity index (χ0) is 35.9. The summed E-state index contributed by atoms with van der Waals surface area (Å²) in [6.07, 6.45) is -1.48. The molecule has 15 heteroatoms. The first-order valence-electron chi connectivity index (χ1n) is 17.1. The van der Waals surface area contributed by atoms with Crippen LogP contribution < -0.4 is 0 Å². The van der Waals surface area contributed by atoms with E-state index in [4.69, 9.17) is 42.6 Å². The second-order valence-electron chi connectivity index (χ2n) is 12.2. The van der Waals surface area contributed by atoms with Crippen molar-refractivity contribution in [1.82, 2.24) is 14.7 Å². The molecule has 0 aromatic carbocycles. The zero-order valence-electron chi connectivity index (χ0n) is 31.1. The minimum atomic E-state index is -0.714. The van der Waals surface area contributed by atoms with Gasteiger partial charge >= 0.3 is 0 Å². The second kappa shape index (κ2) is 32.3. The van der Waals surface area contributed by atoms with Crippen LogP contribution in [0.3, 0.4) is 0 Å². The molecule has 0 amide bonds. The summed E-state index contributed by atoms with van der Waals surface area (Å²) in [4.78, 5) is 6.23. The number of aliphatic hydroxyl groups is 3. The Morgan fingerprint density at radius 2 is 0.667 bits per heavy atom. The highest BCUT2D eigenvalue weighted by Crippen LogP contribution is 2.24. The molecule has 0 saturated heterocycles. The highest BCUT2D eigenvalue weighted by Gasteiger charge is 2.31. The van der Waals surface area contributed by atoms with Crippen LogP contribution in [-0.4, -0.2) is 229 Å². The van der Waals surface area contributed by atoms with E-state index in [0.717, 1.165) is 0 Å². The molecule has 0 aromatic heterocycles. The summed E-state index contributed by atoms with van der Waals surface area (Å²) < 4.78 is 49.5. The van der Waals surface area contributed by atoms with Crippen molar-refractivity contribution in [3.63, 3.8) is 0 Å². The van der Waals surface area contributed by atoms with E-state index < -0.39 is 23.7 Å². The zero-order valence-corrected chi connectivity index (χ0v) is 31.1. The van der Waals surface area contributed by atoms with Crippen molar-refractivity contribution in [2.75, 3.05) is 181 Å². The van der Waals surface area contributed by atoms with E-state index in [1.165, 1.54) is 0 Å². The predicted molar refractivity (Wildman–Crippen MR) is 184 cm³/mol. The molecule has 3 atom stereocenters. The topological polar surface area (TPSA) is 153 Å². The summed E-state index contributed by atoms with van der Waals surface area (Å²) >= 11 is 0. The van der Waals surface area contributed by atoms with Crippen molar-refractivity contribution in [3.8, 4) is 0 Å². The van der Waals surface area contributed by atoms with Crippen LogP contribution >= 0.6 is 0 Å². The van der Waals surface area contributed by atoms with Crippen molar-refractivity contribution < 1.29 is 58.0 Å². The monoisotopic (exact) mass is 702 g/mol. The molecular formula is C33H71N3O12. The second-order valence-corrected chi connectivity index (χ2v) is 12.2. The van der Waals surface area contributed by atoms with E-state index in [9.17, 15) is 15.3 Å². The van der Waals surface area contributed by atoms with Crippen molar-refractivity contribution in [2.45, 2.75) is 31.7 Å². The fourth-order valence-corrected chi connectivity index (χ4v) is 4.92. The van der Waals surface area contributed by atoms with Gasteiger partial charge in [-0.25, -0.2) is 0 Å². The Morgan fingerprint density at radius 3 is 0.854 bits per heavy atom. The standard InChI is InChI=1S/C33H71N3O12/c1-8-33(27-46-24-30(37)21-34(9-15-40-2)10-16-41-3,28-47-25-31(38)22-35(11-17-42-4)12-18-43-5)29-48-26-32(39)23-36(13-19-44-6)14-20-45-7/h30-32,37-39H,8-29H2,1-7H3. The molecule has 0 rings (SSSR count). The number of methoxy groups -OCH3 is 6. The van der Waals surface area contributed by atoms with E-state index >= 15 is 0 Å². The summed E-state index contributed by atoms with van der Waals surface area (Å²) in [5.74, 6) is 0. The van der Waals surface area contributed by atoms with Crippen LogP contribution in [-0.2, 0) is 42.6 Å². The minimum absolute atomic E-state index is 0.130. The van der Waals surface area contributed by atoms with Gasteiger partial charge in [0.1, 0.15) is 0 Å². The van der Waals surface area contributed by atoms with E-state index in [2.05, 4.69) is 14.7 Å². The maximum Gasteiger partial charge on any atom is 0.0900 e. The maximum absolute atomic E-state index is 10.8. The Kier molecular flexibility index (Phi) is 31.9. The van der Waals surface area contributed by atoms with Crippen LogP contribution in [0.15, 0.2) is 0 Å². The first-order chi connectivity index (χ1) is 23.2. The lowest BCUT2D eigenvalue weighted by Crippen LogP contribution is -2.43. The quantitative estimate of drug-likeness (QED) is 0.0748. The SMILES string of the molecule is CCC(COCC(O)CN(CCOC)CCOC)(COCC(O)CN(CCOC)CCOC)COCC(O)CN(CCOC)CCOC. The van der Waals surface area contributed by atoms with Crippen molar-refractivity contribution in [2.24, 2.45) is 5.41 Å². The van der Waals surface area contributed by atoms with Gasteiger partial charge in [-0.05, 0) is 6.42 Å². The van der Waals surface area contributed by atoms with Gasteiger partial charge in [-0.15, -0.1) is 0 Å². The molecular weight excluding hydrogens is 630 g/mol. The molecule has 290 valence electrons. The molecule has 0 spiro atoms. The lowest BCUT2D eigenvalue weighted by molar-refractivity contribution is -0.105. The molecule has 0 radical (unpaired) electrons. The minimum Gasteiger partial charge on any atom is -0.389 e. The highest BCUT2D eigenvalue weighted by atomic mass is 16.5. The smallest absolute Gasteiger partial charge is 0.0900 e. The molecule has 0 heterocycles. The van der Waals surface area contributed by atoms with Crippen LogP contribution in [0.5, 0.6) is 0 Å². The summed E-state index contributed by atoms with van der Waals surface area (Å²) in [5.41, 5.74) is -0.567. The van der Waals surface area contributed by atoms with Gasteiger partial charge in [-0.1, -0.05) is 6.92 Å². The van der Waals surface area contributed by atoms with Crippen LogP contribution in [0.1, 0.15) is 13.3 Å². The number of hydrogen-bond acceptors (Lipinski definition) is 15. The number of aliphatic hydroxyl groups excluding tert-OH is 3. The molecule has 0 saturated carbocycles. The van der Waals surface area contributed by atoms with Crippen LogP contribution in [0.25, 0.3) is 0 Å². The summed E-state index contributed by atoms with van der Waals surface area (Å²) in [6, 6.07) is 0. The van der Waals surface area contributed by atoms with Crippen LogP contribution in [0.2, 0.25) is 0 Å². The van der Waals surface area contributed by atoms with Crippen LogP contribution in [0.4, 0.5) is 0 Å². The van der Waals surface area contributed by atoms with Gasteiger partial charge in [0.05, 0.1) is 97.6 Å². The fourth-order valence-electron chi connectivity index (χ4n) is 4.92. The van der Waals surface area contributed by atoms with Crippen molar-refractivity contribution >= 4 is 0 Å². The average molecular weight is 702 g/mol. The predicted octanol–water partition coefficient (Wildman–Crippen LogP) is -0.700. The lowest BCUT2D eigenvalue weighted by atomic mass is 9.88. The summed E-state index contributed by atoms with van der Waals surface area (Å²) in [7, 11) is 9.91. The molecule has 0 fully saturated rings. The third-order valence-electron chi connectivity index (χ3n) is 7.98. The van der Waals surface area contributed by atoms with E-state index in [1.807, 2.05) is 6.92 Å². The van der Waals surface area contributed by atoms with Crippen molar-refractivity contribution in [1.29, 1.82) is 0 Å². The summed E-state index contributed by atoms with van der Waals surface area (Å²) in [6.45, 7) is 11.8. The van der Waals surface area contributed by atoms with E-state index in [1.54, 1.807) is 42.7 Å². The van der Waals surface area contributed by atoms with E-state index in [0.29, 0.717) is 105 Å². The molecule has 3 unspecified atom stereocenters. The van der Waals surface area contributed by atoms with Gasteiger partial charge in [0.25, 0.3) is 0 Å². The largest absolute Gasteiger partial charge is 0.389 e. The van der Waals surface area contributed by atoms with Gasteiger partial charge in [0.15, 0.2) is 0 Å². The van der Waals surface area contributed by atoms with Crippen molar-refractivity contribution in [3.05, 3.63) is 0 Å². The van der Waals surface area contributed by atoms with Gasteiger partial charge in [0.2, 0.25) is 0 Å². The average Bonchev–Trinajstić information content (AvgIpc) is 3.07. The van der Waals surface area contributed by atoms with Gasteiger partial charge in [0, 0.05) is 107 Å². The Labute approximate surface area is 290 Å². The number of rotatable bonds is 37. The van der Waals surface area contributed by atoms with Gasteiger partial charge < -0.3 is 58.0 Å². The Morgan fingerprint density at radius 1 is 0.438 bits per heavy atom. The van der Waals surface area contributed by atoms with Gasteiger partial charge in [-0.2, -0.15) is 0 Å². The van der Waals surface area contributed by atoms with E-state index in [-0.39, 0.29) is 39.6 Å². The number of nitrogens with zero attached hydrogens (tertiary/aromatic N) is 3. The Balaban J connectivity index is 5.34. The maximum atomic E-state index is 10.8. The Bertz CT molecular complexity index is 580.